The van der Waals surface area contributed by atoms with Crippen molar-refractivity contribution < 1.29 is 9.53 Å². The lowest BCUT2D eigenvalue weighted by Crippen LogP contribution is -2.30. The van der Waals surface area contributed by atoms with E-state index in [1.165, 1.54) is 0 Å². The normalized spacial score (nSPS) is 10.7. The second-order valence-electron chi connectivity index (χ2n) is 5.10. The molecule has 0 spiro atoms. The van der Waals surface area contributed by atoms with Crippen molar-refractivity contribution in [1.29, 1.82) is 0 Å². The van der Waals surface area contributed by atoms with Crippen molar-refractivity contribution in [2.75, 3.05) is 20.2 Å². The molecule has 20 heavy (non-hydrogen) atoms. The summed E-state index contributed by atoms with van der Waals surface area (Å²) in [6.45, 7) is 5.72. The molecule has 0 radical (unpaired) electrons. The van der Waals surface area contributed by atoms with E-state index in [0.29, 0.717) is 19.0 Å². The molecule has 0 atom stereocenters. The van der Waals surface area contributed by atoms with Crippen molar-refractivity contribution in [2.24, 2.45) is 5.92 Å². The van der Waals surface area contributed by atoms with Crippen molar-refractivity contribution in [3.8, 4) is 5.75 Å². The third kappa shape index (κ3) is 6.39. The van der Waals surface area contributed by atoms with E-state index in [9.17, 15) is 4.79 Å². The first kappa shape index (κ1) is 17.0. The number of halogens is 1. The van der Waals surface area contributed by atoms with Crippen LogP contribution in [0.1, 0.15) is 25.8 Å². The van der Waals surface area contributed by atoms with Gasteiger partial charge < -0.3 is 15.4 Å². The molecule has 2 N–H and O–H groups in total. The fourth-order valence-electron chi connectivity index (χ4n) is 1.71. The molecule has 0 saturated carbocycles. The summed E-state index contributed by atoms with van der Waals surface area (Å²) >= 11 is 3.43. The highest BCUT2D eigenvalue weighted by Crippen LogP contribution is 2.23. The van der Waals surface area contributed by atoms with Gasteiger partial charge in [0.05, 0.1) is 0 Å². The summed E-state index contributed by atoms with van der Waals surface area (Å²) in [5.41, 5.74) is 1.02. The van der Waals surface area contributed by atoms with E-state index >= 15 is 0 Å². The largest absolute Gasteiger partial charge is 0.483 e. The molecule has 1 aromatic rings. The molecule has 0 aliphatic rings. The lowest BCUT2D eigenvalue weighted by atomic mass is 10.1. The minimum Gasteiger partial charge on any atom is -0.483 e. The van der Waals surface area contributed by atoms with E-state index < -0.39 is 0 Å². The van der Waals surface area contributed by atoms with Crippen LogP contribution in [0.5, 0.6) is 5.75 Å². The van der Waals surface area contributed by atoms with Crippen molar-refractivity contribution >= 4 is 21.8 Å². The number of benzene rings is 1. The average Bonchev–Trinajstić information content (AvgIpc) is 2.37. The molecule has 0 unspecified atom stereocenters. The van der Waals surface area contributed by atoms with E-state index in [4.69, 9.17) is 4.74 Å². The number of rotatable bonds is 8. The summed E-state index contributed by atoms with van der Waals surface area (Å²) in [7, 11) is 1.88. The molecule has 1 rings (SSSR count). The quantitative estimate of drug-likeness (QED) is 0.763. The van der Waals surface area contributed by atoms with Crippen LogP contribution in [-0.2, 0) is 11.3 Å². The van der Waals surface area contributed by atoms with Gasteiger partial charge in [-0.05, 0) is 37.6 Å². The topological polar surface area (TPSA) is 50.4 Å². The first-order valence-electron chi connectivity index (χ1n) is 6.85. The number of amides is 1. The van der Waals surface area contributed by atoms with Gasteiger partial charge in [-0.15, -0.1) is 0 Å². The van der Waals surface area contributed by atoms with Crippen LogP contribution in [0.15, 0.2) is 22.7 Å². The number of carbonyl (C=O) groups excluding carboxylic acids is 1. The third-order valence-corrected chi connectivity index (χ3v) is 3.29. The number of hydrogen-bond acceptors (Lipinski definition) is 3. The number of hydrogen-bond donors (Lipinski definition) is 2. The van der Waals surface area contributed by atoms with E-state index in [2.05, 4.69) is 40.4 Å². The molecule has 0 heterocycles. The minimum atomic E-state index is -0.0797. The second kappa shape index (κ2) is 8.97. The Kier molecular flexibility index (Phi) is 7.62. The van der Waals surface area contributed by atoms with E-state index in [1.54, 1.807) is 0 Å². The molecular weight excluding hydrogens is 320 g/mol. The Morgan fingerprint density at radius 3 is 2.80 bits per heavy atom. The van der Waals surface area contributed by atoms with Gasteiger partial charge in [-0.1, -0.05) is 29.8 Å². The van der Waals surface area contributed by atoms with Gasteiger partial charge in [0, 0.05) is 23.1 Å². The molecule has 0 aliphatic heterocycles. The van der Waals surface area contributed by atoms with E-state index in [-0.39, 0.29) is 12.5 Å². The first-order valence-corrected chi connectivity index (χ1v) is 7.64. The van der Waals surface area contributed by atoms with Crippen molar-refractivity contribution in [1.82, 2.24) is 10.6 Å². The number of ether oxygens (including phenoxy) is 1. The van der Waals surface area contributed by atoms with Crippen LogP contribution < -0.4 is 15.4 Å². The maximum absolute atomic E-state index is 11.7. The van der Waals surface area contributed by atoms with Gasteiger partial charge in [-0.25, -0.2) is 0 Å². The molecule has 5 heteroatoms. The van der Waals surface area contributed by atoms with Gasteiger partial charge in [0.1, 0.15) is 5.75 Å². The zero-order chi connectivity index (χ0) is 15.0. The minimum absolute atomic E-state index is 0.0520. The van der Waals surface area contributed by atoms with E-state index in [0.717, 1.165) is 22.2 Å². The number of carbonyl (C=O) groups is 1. The van der Waals surface area contributed by atoms with Crippen molar-refractivity contribution in [2.45, 2.75) is 26.8 Å². The van der Waals surface area contributed by atoms with Gasteiger partial charge >= 0.3 is 0 Å². The molecule has 0 saturated heterocycles. The molecule has 4 nitrogen and oxygen atoms in total. The molecule has 0 bridgehead atoms. The summed E-state index contributed by atoms with van der Waals surface area (Å²) in [5.74, 6) is 1.25. The van der Waals surface area contributed by atoms with Gasteiger partial charge in [-0.2, -0.15) is 0 Å². The Bertz CT molecular complexity index is 436. The standard InChI is InChI=1S/C15H23BrN2O2/c1-11(2)6-7-18-15(19)10-20-14-5-4-13(16)8-12(14)9-17-3/h4-5,8,11,17H,6-7,9-10H2,1-3H3,(H,18,19). The fourth-order valence-corrected chi connectivity index (χ4v) is 2.12. The highest BCUT2D eigenvalue weighted by molar-refractivity contribution is 9.10. The predicted octanol–water partition coefficient (Wildman–Crippen LogP) is 2.71. The molecule has 112 valence electrons. The monoisotopic (exact) mass is 342 g/mol. The van der Waals surface area contributed by atoms with Crippen LogP contribution in [0.25, 0.3) is 0 Å². The molecule has 0 aromatic heterocycles. The smallest absolute Gasteiger partial charge is 0.257 e. The Hall–Kier alpha value is -1.07. The van der Waals surface area contributed by atoms with Crippen LogP contribution in [0.3, 0.4) is 0 Å². The van der Waals surface area contributed by atoms with E-state index in [1.807, 2.05) is 25.2 Å². The van der Waals surface area contributed by atoms with Gasteiger partial charge in [0.15, 0.2) is 6.61 Å². The highest BCUT2D eigenvalue weighted by atomic mass is 79.9. The van der Waals surface area contributed by atoms with Gasteiger partial charge in [-0.3, -0.25) is 4.79 Å². The zero-order valence-electron chi connectivity index (χ0n) is 12.3. The van der Waals surface area contributed by atoms with Gasteiger partial charge in [0.25, 0.3) is 5.91 Å². The summed E-state index contributed by atoms with van der Waals surface area (Å²) in [6, 6.07) is 5.77. The Labute approximate surface area is 129 Å². The first-order chi connectivity index (χ1) is 9.52. The Morgan fingerprint density at radius 1 is 1.40 bits per heavy atom. The Morgan fingerprint density at radius 2 is 2.15 bits per heavy atom. The summed E-state index contributed by atoms with van der Waals surface area (Å²) < 4.78 is 6.59. The van der Waals surface area contributed by atoms with Crippen LogP contribution in [0, 0.1) is 5.92 Å². The lowest BCUT2D eigenvalue weighted by molar-refractivity contribution is -0.123. The molecule has 0 aliphatic carbocycles. The Balaban J connectivity index is 2.46. The van der Waals surface area contributed by atoms with Crippen LogP contribution >= 0.6 is 15.9 Å². The van der Waals surface area contributed by atoms with Crippen LogP contribution in [-0.4, -0.2) is 26.1 Å². The third-order valence-electron chi connectivity index (χ3n) is 2.79. The summed E-state index contributed by atoms with van der Waals surface area (Å²) in [4.78, 5) is 11.7. The second-order valence-corrected chi connectivity index (χ2v) is 6.02. The zero-order valence-corrected chi connectivity index (χ0v) is 13.9. The van der Waals surface area contributed by atoms with Gasteiger partial charge in [0.2, 0.25) is 0 Å². The maximum Gasteiger partial charge on any atom is 0.257 e. The summed E-state index contributed by atoms with van der Waals surface area (Å²) in [5, 5.41) is 5.94. The van der Waals surface area contributed by atoms with Crippen molar-refractivity contribution in [3.63, 3.8) is 0 Å². The number of nitrogens with one attached hydrogen (secondary N) is 2. The molecule has 0 fully saturated rings. The predicted molar refractivity (Wildman–Crippen MR) is 84.9 cm³/mol. The SMILES string of the molecule is CNCc1cc(Br)ccc1OCC(=O)NCCC(C)C. The fraction of sp³-hybridized carbons (Fsp3) is 0.533. The lowest BCUT2D eigenvalue weighted by Gasteiger charge is -2.12. The summed E-state index contributed by atoms with van der Waals surface area (Å²) in [6.07, 6.45) is 0.981. The van der Waals surface area contributed by atoms with Crippen LogP contribution in [0.2, 0.25) is 0 Å². The molecular formula is C15H23BrN2O2. The highest BCUT2D eigenvalue weighted by Gasteiger charge is 2.07. The average molecular weight is 343 g/mol. The van der Waals surface area contributed by atoms with Crippen LogP contribution in [0.4, 0.5) is 0 Å². The molecule has 1 amide bonds. The van der Waals surface area contributed by atoms with Crippen molar-refractivity contribution in [3.05, 3.63) is 28.2 Å². The molecule has 1 aromatic carbocycles. The maximum atomic E-state index is 11.7.